The zero-order chi connectivity index (χ0) is 16.0. The normalized spacial score (nSPS) is 11.5. The van der Waals surface area contributed by atoms with Crippen LogP contribution in [0.25, 0.3) is 0 Å². The first-order chi connectivity index (χ1) is 9.79. The molecule has 0 saturated carbocycles. The molecule has 0 aliphatic carbocycles. The summed E-state index contributed by atoms with van der Waals surface area (Å²) >= 11 is 3.31. The summed E-state index contributed by atoms with van der Waals surface area (Å²) in [6.07, 6.45) is -0.675. The highest BCUT2D eigenvalue weighted by Gasteiger charge is 2.24. The molecule has 1 atom stereocenters. The highest BCUT2D eigenvalue weighted by atomic mass is 79.9. The Morgan fingerprint density at radius 3 is 2.52 bits per heavy atom. The monoisotopic (exact) mass is 358 g/mol. The van der Waals surface area contributed by atoms with Crippen molar-refractivity contribution in [2.24, 2.45) is 0 Å². The molecule has 0 aromatic heterocycles. The molecule has 1 aromatic carbocycles. The van der Waals surface area contributed by atoms with Gasteiger partial charge in [0, 0.05) is 18.1 Å². The first-order valence-corrected chi connectivity index (χ1v) is 6.79. The molecule has 0 radical (unpaired) electrons. The summed E-state index contributed by atoms with van der Waals surface area (Å²) < 4.78 is 0.864. The van der Waals surface area contributed by atoms with Crippen molar-refractivity contribution >= 4 is 33.9 Å². The number of hydrogen-bond donors (Lipinski definition) is 3. The number of nitrogens with one attached hydrogen (secondary N) is 1. The van der Waals surface area contributed by atoms with E-state index in [0.717, 1.165) is 10.0 Å². The van der Waals surface area contributed by atoms with E-state index in [4.69, 9.17) is 10.2 Å². The first kappa shape index (κ1) is 17.0. The van der Waals surface area contributed by atoms with E-state index < -0.39 is 30.4 Å². The number of carboxylic acid groups (broad SMARTS) is 2. The Hall–Kier alpha value is -2.09. The summed E-state index contributed by atoms with van der Waals surface area (Å²) in [4.78, 5) is 34.6. The molecule has 0 bridgehead atoms. The summed E-state index contributed by atoms with van der Waals surface area (Å²) in [5, 5.41) is 19.7. The van der Waals surface area contributed by atoms with Gasteiger partial charge >= 0.3 is 18.0 Å². The second-order valence-corrected chi connectivity index (χ2v) is 5.34. The molecule has 0 aliphatic heterocycles. The predicted octanol–water partition coefficient (Wildman–Crippen LogP) is 1.52. The maximum absolute atomic E-state index is 11.9. The summed E-state index contributed by atoms with van der Waals surface area (Å²) in [6.45, 7) is 0.269. The molecule has 0 unspecified atom stereocenters. The van der Waals surface area contributed by atoms with Crippen LogP contribution in [-0.4, -0.2) is 46.2 Å². The van der Waals surface area contributed by atoms with Crippen molar-refractivity contribution < 1.29 is 24.6 Å². The van der Waals surface area contributed by atoms with Crippen LogP contribution in [-0.2, 0) is 16.1 Å². The van der Waals surface area contributed by atoms with Crippen LogP contribution in [0.5, 0.6) is 0 Å². The minimum Gasteiger partial charge on any atom is -0.481 e. The maximum Gasteiger partial charge on any atom is 0.326 e. The minimum atomic E-state index is -1.46. The quantitative estimate of drug-likeness (QED) is 0.714. The van der Waals surface area contributed by atoms with Gasteiger partial charge in [-0.05, 0) is 17.7 Å². The van der Waals surface area contributed by atoms with Crippen molar-refractivity contribution in [3.05, 3.63) is 34.3 Å². The van der Waals surface area contributed by atoms with Crippen molar-refractivity contribution in [3.8, 4) is 0 Å². The lowest BCUT2D eigenvalue weighted by Gasteiger charge is -2.20. The molecule has 7 nitrogen and oxygen atoms in total. The van der Waals surface area contributed by atoms with Gasteiger partial charge in [-0.1, -0.05) is 28.1 Å². The Kier molecular flexibility index (Phi) is 6.16. The number of amides is 2. The van der Waals surface area contributed by atoms with Crippen molar-refractivity contribution in [1.29, 1.82) is 0 Å². The van der Waals surface area contributed by atoms with E-state index in [0.29, 0.717) is 0 Å². The van der Waals surface area contributed by atoms with Crippen LogP contribution < -0.4 is 5.32 Å². The lowest BCUT2D eigenvalue weighted by Crippen LogP contribution is -2.47. The molecule has 21 heavy (non-hydrogen) atoms. The summed E-state index contributed by atoms with van der Waals surface area (Å²) in [7, 11) is 1.50. The molecule has 0 spiro atoms. The Labute approximate surface area is 129 Å². The highest BCUT2D eigenvalue weighted by molar-refractivity contribution is 9.10. The number of carboxylic acids is 2. The largest absolute Gasteiger partial charge is 0.481 e. The molecule has 0 heterocycles. The number of carbonyl (C=O) groups is 3. The molecule has 114 valence electrons. The second-order valence-electron chi connectivity index (χ2n) is 4.42. The van der Waals surface area contributed by atoms with Crippen molar-refractivity contribution in [1.82, 2.24) is 10.2 Å². The Bertz CT molecular complexity index is 549. The lowest BCUT2D eigenvalue weighted by atomic mass is 10.2. The van der Waals surface area contributed by atoms with Crippen LogP contribution in [0, 0.1) is 0 Å². The number of benzene rings is 1. The molecule has 2 amide bonds. The minimum absolute atomic E-state index is 0.269. The topological polar surface area (TPSA) is 107 Å². The third-order valence-electron chi connectivity index (χ3n) is 2.63. The smallest absolute Gasteiger partial charge is 0.326 e. The zero-order valence-corrected chi connectivity index (χ0v) is 12.8. The van der Waals surface area contributed by atoms with Crippen LogP contribution in [0.15, 0.2) is 28.7 Å². The average molecular weight is 359 g/mol. The van der Waals surface area contributed by atoms with Crippen LogP contribution >= 0.6 is 15.9 Å². The maximum atomic E-state index is 11.9. The van der Waals surface area contributed by atoms with Gasteiger partial charge in [0.15, 0.2) is 0 Å². The molecular formula is C13H15BrN2O5. The zero-order valence-electron chi connectivity index (χ0n) is 11.2. The van der Waals surface area contributed by atoms with Crippen molar-refractivity contribution in [2.45, 2.75) is 19.0 Å². The van der Waals surface area contributed by atoms with Crippen LogP contribution in [0.2, 0.25) is 0 Å². The van der Waals surface area contributed by atoms with Gasteiger partial charge in [-0.15, -0.1) is 0 Å². The highest BCUT2D eigenvalue weighted by Crippen LogP contribution is 2.13. The van der Waals surface area contributed by atoms with Gasteiger partial charge in [-0.2, -0.15) is 0 Å². The van der Waals surface area contributed by atoms with Gasteiger partial charge in [0.25, 0.3) is 0 Å². The summed E-state index contributed by atoms with van der Waals surface area (Å²) in [5.41, 5.74) is 0.854. The van der Waals surface area contributed by atoms with Gasteiger partial charge in [0.1, 0.15) is 6.04 Å². The number of aliphatic carboxylic acids is 2. The third-order valence-corrected chi connectivity index (χ3v) is 3.12. The van der Waals surface area contributed by atoms with Crippen molar-refractivity contribution in [3.63, 3.8) is 0 Å². The van der Waals surface area contributed by atoms with Gasteiger partial charge in [-0.25, -0.2) is 9.59 Å². The van der Waals surface area contributed by atoms with Crippen molar-refractivity contribution in [2.75, 3.05) is 7.05 Å². The molecule has 0 saturated heterocycles. The Morgan fingerprint density at radius 2 is 2.00 bits per heavy atom. The van der Waals surface area contributed by atoms with E-state index in [1.165, 1.54) is 11.9 Å². The predicted molar refractivity (Wildman–Crippen MR) is 77.8 cm³/mol. The van der Waals surface area contributed by atoms with E-state index >= 15 is 0 Å². The fourth-order valence-corrected chi connectivity index (χ4v) is 2.06. The summed E-state index contributed by atoms with van der Waals surface area (Å²) in [5.74, 6) is -2.68. The van der Waals surface area contributed by atoms with E-state index in [-0.39, 0.29) is 6.54 Å². The Balaban J connectivity index is 2.64. The molecular weight excluding hydrogens is 344 g/mol. The lowest BCUT2D eigenvalue weighted by molar-refractivity contribution is -0.145. The standard InChI is InChI=1S/C13H15BrN2O5/c1-16(7-8-3-2-4-9(14)5-8)13(21)15-10(12(19)20)6-11(17)18/h2-5,10H,6-7H2,1H3,(H,15,21)(H,17,18)(H,19,20)/t10-/m1/s1. The average Bonchev–Trinajstić information content (AvgIpc) is 2.37. The molecule has 1 aromatic rings. The molecule has 0 aliphatic rings. The number of urea groups is 1. The number of nitrogens with zero attached hydrogens (tertiary/aromatic N) is 1. The number of halogens is 1. The van der Waals surface area contributed by atoms with Crippen LogP contribution in [0.4, 0.5) is 4.79 Å². The van der Waals surface area contributed by atoms with Gasteiger partial charge in [0.05, 0.1) is 6.42 Å². The van der Waals surface area contributed by atoms with Gasteiger partial charge < -0.3 is 20.4 Å². The van der Waals surface area contributed by atoms with Gasteiger partial charge in [-0.3, -0.25) is 4.79 Å². The number of hydrogen-bond acceptors (Lipinski definition) is 3. The Morgan fingerprint density at radius 1 is 1.33 bits per heavy atom. The molecule has 3 N–H and O–H groups in total. The summed E-state index contributed by atoms with van der Waals surface area (Å²) in [6, 6.07) is 5.20. The fraction of sp³-hybridized carbons (Fsp3) is 0.308. The first-order valence-electron chi connectivity index (χ1n) is 6.00. The second kappa shape index (κ2) is 7.63. The third kappa shape index (κ3) is 5.82. The van der Waals surface area contributed by atoms with Crippen LogP contribution in [0.3, 0.4) is 0 Å². The molecule has 8 heteroatoms. The fourth-order valence-electron chi connectivity index (χ4n) is 1.61. The van der Waals surface area contributed by atoms with E-state index in [9.17, 15) is 14.4 Å². The molecule has 0 fully saturated rings. The van der Waals surface area contributed by atoms with Crippen LogP contribution in [0.1, 0.15) is 12.0 Å². The SMILES string of the molecule is CN(Cc1cccc(Br)c1)C(=O)N[C@H](CC(=O)O)C(=O)O. The molecule has 1 rings (SSSR count). The van der Waals surface area contributed by atoms with E-state index in [1.54, 1.807) is 0 Å². The number of rotatable bonds is 6. The number of carbonyl (C=O) groups excluding carboxylic acids is 1. The van der Waals surface area contributed by atoms with E-state index in [1.807, 2.05) is 24.3 Å². The van der Waals surface area contributed by atoms with Gasteiger partial charge in [0.2, 0.25) is 0 Å². The van der Waals surface area contributed by atoms with E-state index in [2.05, 4.69) is 21.2 Å².